The molecule has 50 valence electrons. The Morgan fingerprint density at radius 2 is 2.67 bits per heavy atom. The molecule has 0 nitrogen and oxygen atoms in total. The fraction of sp³-hybridized carbons (Fsp3) is 0.556. The van der Waals surface area contributed by atoms with E-state index < -0.39 is 0 Å². The summed E-state index contributed by atoms with van der Waals surface area (Å²) in [6.07, 6.45) is 8.02. The number of hydrogen-bond donors (Lipinski definition) is 0. The zero-order chi connectivity index (χ0) is 6.69. The first-order valence-corrected chi connectivity index (χ1v) is 3.61. The Bertz CT molecular complexity index is 131. The van der Waals surface area contributed by atoms with Crippen LogP contribution in [0.25, 0.3) is 0 Å². The van der Waals surface area contributed by atoms with Gasteiger partial charge in [0.2, 0.25) is 0 Å². The quantitative estimate of drug-likeness (QED) is 0.494. The molecule has 1 rings (SSSR count). The first-order chi connectivity index (χ1) is 4.33. The Morgan fingerprint density at radius 3 is 3.11 bits per heavy atom. The van der Waals surface area contributed by atoms with E-state index in [2.05, 4.69) is 19.6 Å². The molecule has 0 bridgehead atoms. The third kappa shape index (κ3) is 1.70. The first-order valence-electron chi connectivity index (χ1n) is 3.61. The predicted molar refractivity (Wildman–Crippen MR) is 41.3 cm³/mol. The minimum Gasteiger partial charge on any atom is -0.103 e. The van der Waals surface area contributed by atoms with Crippen LogP contribution in [0.15, 0.2) is 24.3 Å². The molecule has 0 spiro atoms. The van der Waals surface area contributed by atoms with Crippen molar-refractivity contribution in [2.45, 2.75) is 26.2 Å². The second-order valence-electron chi connectivity index (χ2n) is 2.90. The summed E-state index contributed by atoms with van der Waals surface area (Å²) in [7, 11) is 0. The normalized spacial score (nSPS) is 25.9. The van der Waals surface area contributed by atoms with Crippen LogP contribution in [0.4, 0.5) is 0 Å². The predicted octanol–water partition coefficient (Wildman–Crippen LogP) is 2.92. The van der Waals surface area contributed by atoms with Crippen LogP contribution < -0.4 is 0 Å². The van der Waals surface area contributed by atoms with Gasteiger partial charge in [-0.25, -0.2) is 0 Å². The molecule has 0 saturated heterocycles. The number of rotatable bonds is 2. The average Bonchev–Trinajstić information content (AvgIpc) is 2.17. The Morgan fingerprint density at radius 1 is 1.89 bits per heavy atom. The molecule has 1 aliphatic carbocycles. The van der Waals surface area contributed by atoms with E-state index in [9.17, 15) is 0 Å². The van der Waals surface area contributed by atoms with Crippen LogP contribution in [0.2, 0.25) is 0 Å². The van der Waals surface area contributed by atoms with E-state index in [-0.39, 0.29) is 0 Å². The van der Waals surface area contributed by atoms with E-state index in [1.54, 1.807) is 5.57 Å². The lowest BCUT2D eigenvalue weighted by atomic mass is 10.1. The van der Waals surface area contributed by atoms with Crippen LogP contribution in [-0.4, -0.2) is 0 Å². The van der Waals surface area contributed by atoms with Crippen LogP contribution in [-0.2, 0) is 0 Å². The van der Waals surface area contributed by atoms with Crippen molar-refractivity contribution in [3.05, 3.63) is 24.3 Å². The molecule has 0 radical (unpaired) electrons. The maximum atomic E-state index is 3.71. The fourth-order valence-corrected chi connectivity index (χ4v) is 1.33. The van der Waals surface area contributed by atoms with Crippen molar-refractivity contribution >= 4 is 0 Å². The molecule has 0 aromatic rings. The fourth-order valence-electron chi connectivity index (χ4n) is 1.33. The molecular formula is C9H14. The molecule has 0 aromatic carbocycles. The van der Waals surface area contributed by atoms with Gasteiger partial charge >= 0.3 is 0 Å². The van der Waals surface area contributed by atoms with E-state index >= 15 is 0 Å². The van der Waals surface area contributed by atoms with Gasteiger partial charge in [0.15, 0.2) is 0 Å². The van der Waals surface area contributed by atoms with Crippen molar-refractivity contribution < 1.29 is 0 Å². The van der Waals surface area contributed by atoms with E-state index in [1.807, 2.05) is 6.08 Å². The molecular weight excluding hydrogens is 108 g/mol. The van der Waals surface area contributed by atoms with E-state index in [1.165, 1.54) is 12.8 Å². The van der Waals surface area contributed by atoms with Gasteiger partial charge in [0.05, 0.1) is 0 Å². The third-order valence-electron chi connectivity index (χ3n) is 1.83. The molecule has 0 heteroatoms. The standard InChI is InChI=1S/C9H14/c1-3-4-9-6-5-8(2)7-9/h3,6,8H,1,4-5,7H2,2H3. The molecule has 0 N–H and O–H groups in total. The van der Waals surface area contributed by atoms with Crippen molar-refractivity contribution in [1.29, 1.82) is 0 Å². The van der Waals surface area contributed by atoms with Crippen LogP contribution in [0, 0.1) is 5.92 Å². The Kier molecular flexibility index (Phi) is 2.10. The zero-order valence-electron chi connectivity index (χ0n) is 6.06. The highest BCUT2D eigenvalue weighted by Crippen LogP contribution is 2.26. The minimum atomic E-state index is 0.889. The van der Waals surface area contributed by atoms with Gasteiger partial charge in [0.1, 0.15) is 0 Å². The van der Waals surface area contributed by atoms with Crippen molar-refractivity contribution in [3.8, 4) is 0 Å². The molecule has 0 aliphatic heterocycles. The number of allylic oxidation sites excluding steroid dienone is 3. The van der Waals surface area contributed by atoms with Gasteiger partial charge in [0, 0.05) is 0 Å². The largest absolute Gasteiger partial charge is 0.103 e. The smallest absolute Gasteiger partial charge is 0.0141 e. The van der Waals surface area contributed by atoms with Crippen molar-refractivity contribution in [2.75, 3.05) is 0 Å². The molecule has 1 atom stereocenters. The highest BCUT2D eigenvalue weighted by molar-refractivity contribution is 5.12. The first kappa shape index (κ1) is 6.60. The summed E-state index contributed by atoms with van der Waals surface area (Å²) >= 11 is 0. The van der Waals surface area contributed by atoms with Gasteiger partial charge in [-0.05, 0) is 25.2 Å². The molecule has 0 heterocycles. The summed E-state index contributed by atoms with van der Waals surface area (Å²) < 4.78 is 0. The third-order valence-corrected chi connectivity index (χ3v) is 1.83. The zero-order valence-corrected chi connectivity index (χ0v) is 6.06. The highest BCUT2D eigenvalue weighted by Gasteiger charge is 2.09. The van der Waals surface area contributed by atoms with Crippen LogP contribution >= 0.6 is 0 Å². The summed E-state index contributed by atoms with van der Waals surface area (Å²) in [5.41, 5.74) is 1.58. The Labute approximate surface area is 57.3 Å². The molecule has 1 aliphatic rings. The summed E-state index contributed by atoms with van der Waals surface area (Å²) in [5, 5.41) is 0. The Balaban J connectivity index is 2.35. The SMILES string of the molecule is C=CCC1=CCC(C)C1. The molecule has 0 amide bonds. The lowest BCUT2D eigenvalue weighted by Crippen LogP contribution is -1.84. The summed E-state index contributed by atoms with van der Waals surface area (Å²) in [6.45, 7) is 6.01. The summed E-state index contributed by atoms with van der Waals surface area (Å²) in [6, 6.07) is 0. The van der Waals surface area contributed by atoms with Crippen molar-refractivity contribution in [2.24, 2.45) is 5.92 Å². The van der Waals surface area contributed by atoms with Gasteiger partial charge in [0.25, 0.3) is 0 Å². The average molecular weight is 122 g/mol. The van der Waals surface area contributed by atoms with Gasteiger partial charge in [-0.15, -0.1) is 6.58 Å². The van der Waals surface area contributed by atoms with E-state index in [0.717, 1.165) is 12.3 Å². The van der Waals surface area contributed by atoms with Gasteiger partial charge in [-0.2, -0.15) is 0 Å². The lowest BCUT2D eigenvalue weighted by Gasteiger charge is -1.98. The molecule has 0 aromatic heterocycles. The van der Waals surface area contributed by atoms with Gasteiger partial charge < -0.3 is 0 Å². The van der Waals surface area contributed by atoms with Crippen LogP contribution in [0.3, 0.4) is 0 Å². The summed E-state index contributed by atoms with van der Waals surface area (Å²) in [5.74, 6) is 0.889. The van der Waals surface area contributed by atoms with Crippen LogP contribution in [0.5, 0.6) is 0 Å². The lowest BCUT2D eigenvalue weighted by molar-refractivity contribution is 0.624. The molecule has 9 heavy (non-hydrogen) atoms. The van der Waals surface area contributed by atoms with E-state index in [4.69, 9.17) is 0 Å². The highest BCUT2D eigenvalue weighted by atomic mass is 14.2. The molecule has 0 fully saturated rings. The van der Waals surface area contributed by atoms with Gasteiger partial charge in [-0.1, -0.05) is 24.6 Å². The Hall–Kier alpha value is -0.520. The second-order valence-corrected chi connectivity index (χ2v) is 2.90. The molecule has 1 unspecified atom stereocenters. The second kappa shape index (κ2) is 2.86. The monoisotopic (exact) mass is 122 g/mol. The van der Waals surface area contributed by atoms with Crippen LogP contribution in [0.1, 0.15) is 26.2 Å². The number of hydrogen-bond acceptors (Lipinski definition) is 0. The van der Waals surface area contributed by atoms with Gasteiger partial charge in [-0.3, -0.25) is 0 Å². The van der Waals surface area contributed by atoms with E-state index in [0.29, 0.717) is 0 Å². The van der Waals surface area contributed by atoms with Crippen molar-refractivity contribution in [3.63, 3.8) is 0 Å². The minimum absolute atomic E-state index is 0.889. The van der Waals surface area contributed by atoms with Crippen molar-refractivity contribution in [1.82, 2.24) is 0 Å². The topological polar surface area (TPSA) is 0 Å². The summed E-state index contributed by atoms with van der Waals surface area (Å²) in [4.78, 5) is 0. The molecule has 0 saturated carbocycles. The maximum absolute atomic E-state index is 3.71. The maximum Gasteiger partial charge on any atom is -0.0141 e.